The maximum Gasteiger partial charge on any atom is 0.290 e. The normalized spacial score (nSPS) is 18.1. The summed E-state index contributed by atoms with van der Waals surface area (Å²) in [6.07, 6.45) is 2.63. The summed E-state index contributed by atoms with van der Waals surface area (Å²) in [5.74, 6) is -0.465. The van der Waals surface area contributed by atoms with Gasteiger partial charge in [-0.3, -0.25) is 9.59 Å². The Labute approximate surface area is 233 Å². The second kappa shape index (κ2) is 12.6. The highest BCUT2D eigenvalue weighted by Crippen LogP contribution is 2.42. The molecule has 212 valence electrons. The van der Waals surface area contributed by atoms with E-state index < -0.39 is 23.5 Å². The van der Waals surface area contributed by atoms with E-state index in [4.69, 9.17) is 18.6 Å². The van der Waals surface area contributed by atoms with E-state index in [1.54, 1.807) is 36.3 Å². The fourth-order valence-electron chi connectivity index (χ4n) is 5.40. The number of aliphatic hydroxyl groups is 1. The predicted octanol–water partition coefficient (Wildman–Crippen LogP) is 3.50. The van der Waals surface area contributed by atoms with E-state index in [9.17, 15) is 14.7 Å². The zero-order valence-electron chi connectivity index (χ0n) is 23.1. The monoisotopic (exact) mass is 549 g/mol. The summed E-state index contributed by atoms with van der Waals surface area (Å²) in [7, 11) is 1.56. The van der Waals surface area contributed by atoms with Crippen molar-refractivity contribution < 1.29 is 38.2 Å². The van der Waals surface area contributed by atoms with E-state index >= 15 is 0 Å². The van der Waals surface area contributed by atoms with Gasteiger partial charge in [0.2, 0.25) is 5.78 Å². The van der Waals surface area contributed by atoms with E-state index in [0.29, 0.717) is 42.2 Å². The Morgan fingerprint density at radius 2 is 1.90 bits per heavy atom. The van der Waals surface area contributed by atoms with Gasteiger partial charge in [0.05, 0.1) is 45.1 Å². The van der Waals surface area contributed by atoms with E-state index in [-0.39, 0.29) is 11.3 Å². The van der Waals surface area contributed by atoms with Gasteiger partial charge in [-0.1, -0.05) is 37.6 Å². The van der Waals surface area contributed by atoms with Crippen molar-refractivity contribution in [2.24, 2.45) is 0 Å². The Morgan fingerprint density at radius 1 is 1.10 bits per heavy atom. The number of hydrogen-bond acceptors (Lipinski definition) is 7. The number of hydrogen-bond donors (Lipinski definition) is 2. The number of quaternary nitrogens is 1. The number of benzene rings is 2. The minimum Gasteiger partial charge on any atom is -0.503 e. The van der Waals surface area contributed by atoms with E-state index in [0.717, 1.165) is 51.1 Å². The lowest BCUT2D eigenvalue weighted by molar-refractivity contribution is -0.908. The van der Waals surface area contributed by atoms with Crippen LogP contribution in [0.4, 0.5) is 0 Å². The SMILES string of the molecule is CCCCOc1ccc([C@@H]2C(C(=O)c3cc4ccccc4o3)=C(O)C(=O)N2CCC[NH+]2CCOCC2)cc1OC. The number of fused-ring (bicyclic) bond motifs is 1. The van der Waals surface area contributed by atoms with Gasteiger partial charge in [-0.15, -0.1) is 0 Å². The number of carbonyl (C=O) groups is 2. The number of nitrogens with zero attached hydrogens (tertiary/aromatic N) is 1. The van der Waals surface area contributed by atoms with Gasteiger partial charge in [-0.25, -0.2) is 0 Å². The molecule has 1 atom stereocenters. The smallest absolute Gasteiger partial charge is 0.290 e. The average molecular weight is 550 g/mol. The molecule has 9 heteroatoms. The molecule has 0 bridgehead atoms. The number of morpholine rings is 1. The molecule has 1 fully saturated rings. The van der Waals surface area contributed by atoms with Crippen molar-refractivity contribution in [3.05, 3.63) is 71.2 Å². The number of aliphatic hydroxyl groups excluding tert-OH is 1. The average Bonchev–Trinajstić information content (AvgIpc) is 3.53. The largest absolute Gasteiger partial charge is 0.503 e. The van der Waals surface area contributed by atoms with Crippen LogP contribution in [0.1, 0.15) is 48.3 Å². The summed E-state index contributed by atoms with van der Waals surface area (Å²) in [5.41, 5.74) is 1.21. The maximum atomic E-state index is 13.9. The Bertz CT molecular complexity index is 1360. The fraction of sp³-hybridized carbons (Fsp3) is 0.419. The van der Waals surface area contributed by atoms with Crippen LogP contribution in [-0.2, 0) is 9.53 Å². The van der Waals surface area contributed by atoms with Gasteiger partial charge < -0.3 is 33.5 Å². The van der Waals surface area contributed by atoms with Gasteiger partial charge in [0.25, 0.3) is 5.91 Å². The lowest BCUT2D eigenvalue weighted by Crippen LogP contribution is -3.14. The molecule has 1 aromatic heterocycles. The van der Waals surface area contributed by atoms with Gasteiger partial charge in [0.1, 0.15) is 18.7 Å². The molecule has 2 aliphatic rings. The molecule has 1 saturated heterocycles. The first-order valence-corrected chi connectivity index (χ1v) is 14.0. The van der Waals surface area contributed by atoms with Gasteiger partial charge in [0.15, 0.2) is 23.0 Å². The first kappa shape index (κ1) is 27.7. The third-order valence-electron chi connectivity index (χ3n) is 7.59. The van der Waals surface area contributed by atoms with Crippen LogP contribution in [0.25, 0.3) is 11.0 Å². The highest BCUT2D eigenvalue weighted by atomic mass is 16.5. The third kappa shape index (κ3) is 5.71. The van der Waals surface area contributed by atoms with E-state index in [1.807, 2.05) is 24.3 Å². The second-order valence-corrected chi connectivity index (χ2v) is 10.2. The molecule has 9 nitrogen and oxygen atoms in total. The molecule has 5 rings (SSSR count). The topological polar surface area (TPSA) is 103 Å². The van der Waals surface area contributed by atoms with Crippen LogP contribution in [0, 0.1) is 0 Å². The lowest BCUT2D eigenvalue weighted by Gasteiger charge is -2.29. The summed E-state index contributed by atoms with van der Waals surface area (Å²) in [6.45, 7) is 7.20. The van der Waals surface area contributed by atoms with Crippen LogP contribution in [0.15, 0.2) is 64.3 Å². The molecule has 0 aliphatic carbocycles. The van der Waals surface area contributed by atoms with Crippen LogP contribution in [0.2, 0.25) is 0 Å². The van der Waals surface area contributed by atoms with Crippen molar-refractivity contribution in [1.29, 1.82) is 0 Å². The number of furan rings is 1. The van der Waals surface area contributed by atoms with Crippen molar-refractivity contribution in [2.75, 3.05) is 53.1 Å². The summed E-state index contributed by atoms with van der Waals surface area (Å²) in [6, 6.07) is 13.6. The van der Waals surface area contributed by atoms with Crippen LogP contribution in [0.5, 0.6) is 11.5 Å². The number of nitrogens with one attached hydrogen (secondary N) is 1. The number of rotatable bonds is 12. The van der Waals surface area contributed by atoms with Gasteiger partial charge >= 0.3 is 0 Å². The van der Waals surface area contributed by atoms with Crippen LogP contribution < -0.4 is 14.4 Å². The van der Waals surface area contributed by atoms with E-state index in [1.165, 1.54) is 4.90 Å². The number of amides is 1. The molecular formula is C31H37N2O7+. The number of carbonyl (C=O) groups excluding carboxylic acids is 2. The van der Waals surface area contributed by atoms with Gasteiger partial charge in [0, 0.05) is 18.4 Å². The molecule has 2 aliphatic heterocycles. The zero-order valence-corrected chi connectivity index (χ0v) is 23.1. The van der Waals surface area contributed by atoms with Crippen molar-refractivity contribution >= 4 is 22.7 Å². The summed E-state index contributed by atoms with van der Waals surface area (Å²) >= 11 is 0. The molecule has 0 saturated carbocycles. The number of para-hydroxylation sites is 1. The number of unbranched alkanes of at least 4 members (excludes halogenated alkanes) is 1. The standard InChI is InChI=1S/C31H36N2O7/c1-3-4-16-39-24-11-10-22(20-25(24)37-2)28-27(29(34)26-19-21-8-5-6-9-23(21)40-26)30(35)31(36)33(28)13-7-12-32-14-17-38-18-15-32/h5-6,8-11,19-20,28,35H,3-4,7,12-18H2,1-2H3/p+1/t28-/m1/s1. The first-order chi connectivity index (χ1) is 19.5. The number of Topliss-reactive ketones (excluding diaryl/α,β-unsaturated/α-hetero) is 1. The summed E-state index contributed by atoms with van der Waals surface area (Å²) < 4.78 is 22.8. The molecule has 2 aromatic carbocycles. The predicted molar refractivity (Wildman–Crippen MR) is 149 cm³/mol. The Balaban J connectivity index is 1.47. The minimum atomic E-state index is -0.800. The van der Waals surface area contributed by atoms with Crippen molar-refractivity contribution in [1.82, 2.24) is 4.90 Å². The minimum absolute atomic E-state index is 0.00415. The number of ketones is 1. The summed E-state index contributed by atoms with van der Waals surface area (Å²) in [4.78, 5) is 30.3. The van der Waals surface area contributed by atoms with Gasteiger partial charge in [-0.05, 0) is 36.2 Å². The Kier molecular flexibility index (Phi) is 8.72. The lowest BCUT2D eigenvalue weighted by atomic mass is 9.94. The Morgan fingerprint density at radius 3 is 2.65 bits per heavy atom. The molecule has 0 radical (unpaired) electrons. The van der Waals surface area contributed by atoms with Gasteiger partial charge in [-0.2, -0.15) is 0 Å². The van der Waals surface area contributed by atoms with Crippen molar-refractivity contribution in [3.63, 3.8) is 0 Å². The molecule has 3 heterocycles. The van der Waals surface area contributed by atoms with E-state index in [2.05, 4.69) is 6.92 Å². The third-order valence-corrected chi connectivity index (χ3v) is 7.59. The van der Waals surface area contributed by atoms with Crippen LogP contribution >= 0.6 is 0 Å². The molecule has 0 spiro atoms. The first-order valence-electron chi connectivity index (χ1n) is 14.0. The highest BCUT2D eigenvalue weighted by Gasteiger charge is 2.44. The number of ether oxygens (including phenoxy) is 3. The second-order valence-electron chi connectivity index (χ2n) is 10.2. The summed E-state index contributed by atoms with van der Waals surface area (Å²) in [5, 5.41) is 11.9. The molecule has 2 N–H and O–H groups in total. The van der Waals surface area contributed by atoms with Crippen molar-refractivity contribution in [3.8, 4) is 11.5 Å². The fourth-order valence-corrected chi connectivity index (χ4v) is 5.40. The van der Waals surface area contributed by atoms with Crippen molar-refractivity contribution in [2.45, 2.75) is 32.2 Å². The molecule has 3 aromatic rings. The zero-order chi connectivity index (χ0) is 28.1. The Hall–Kier alpha value is -3.82. The highest BCUT2D eigenvalue weighted by molar-refractivity contribution is 6.16. The number of methoxy groups -OCH3 is 1. The molecule has 40 heavy (non-hydrogen) atoms. The molecule has 1 amide bonds. The maximum absolute atomic E-state index is 13.9. The molecular weight excluding hydrogens is 512 g/mol. The molecule has 0 unspecified atom stereocenters. The van der Waals surface area contributed by atoms with Crippen LogP contribution in [0.3, 0.4) is 0 Å². The quantitative estimate of drug-likeness (QED) is 0.263. The van der Waals surface area contributed by atoms with Crippen LogP contribution in [-0.4, -0.2) is 74.8 Å².